The highest BCUT2D eigenvalue weighted by molar-refractivity contribution is 8.24. The van der Waals surface area contributed by atoms with Gasteiger partial charge >= 0.3 is 0 Å². The molecule has 1 aromatic carbocycles. The first kappa shape index (κ1) is 23.3. The summed E-state index contributed by atoms with van der Waals surface area (Å²) in [7, 11) is 6.62. The van der Waals surface area contributed by atoms with E-state index in [2.05, 4.69) is 4.99 Å². The third-order valence-electron chi connectivity index (χ3n) is 4.62. The van der Waals surface area contributed by atoms with Crippen molar-refractivity contribution in [3.8, 4) is 5.75 Å². The largest absolute Gasteiger partial charge is 0.497 e. The summed E-state index contributed by atoms with van der Waals surface area (Å²) in [5, 5.41) is 1.17. The van der Waals surface area contributed by atoms with Gasteiger partial charge in [0.2, 0.25) is 0 Å². The Morgan fingerprint density at radius 3 is 2.36 bits per heavy atom. The van der Waals surface area contributed by atoms with E-state index in [1.807, 2.05) is 32.0 Å². The number of benzene rings is 1. The standard InChI is InChI=1S/C19H30N2O5S2/c1-11-9-13(22-3)7-8-14(11)21-19(20)28-10-27-18-17(25-6)16(24-5)15(23-4)12(2)26-18/h7-9,12,15-18H,10H2,1-6H3,(H2,20,21)/t12-,15-,16+,17+,18-/m0/s1. The number of aryl methyl sites for hydroxylation is 1. The highest BCUT2D eigenvalue weighted by Gasteiger charge is 2.45. The number of rotatable bonds is 8. The van der Waals surface area contributed by atoms with Crippen LogP contribution in [0.2, 0.25) is 0 Å². The van der Waals surface area contributed by atoms with E-state index in [1.54, 1.807) is 40.2 Å². The van der Waals surface area contributed by atoms with E-state index >= 15 is 0 Å². The molecule has 1 aliphatic heterocycles. The van der Waals surface area contributed by atoms with Gasteiger partial charge < -0.3 is 29.4 Å². The van der Waals surface area contributed by atoms with Gasteiger partial charge in [0.15, 0.2) is 5.17 Å². The Morgan fingerprint density at radius 2 is 1.79 bits per heavy atom. The molecular formula is C19H30N2O5S2. The third kappa shape index (κ3) is 5.77. The molecule has 2 N–H and O–H groups in total. The molecule has 0 radical (unpaired) electrons. The van der Waals surface area contributed by atoms with Crippen molar-refractivity contribution in [2.45, 2.75) is 43.7 Å². The third-order valence-corrected chi connectivity index (χ3v) is 6.73. The Kier molecular flexibility index (Phi) is 9.39. The molecule has 1 aromatic rings. The summed E-state index contributed by atoms with van der Waals surface area (Å²) >= 11 is 3.08. The van der Waals surface area contributed by atoms with Crippen molar-refractivity contribution in [2.75, 3.05) is 33.5 Å². The predicted octanol–water partition coefficient (Wildman–Crippen LogP) is 3.16. The Balaban J connectivity index is 1.95. The summed E-state index contributed by atoms with van der Waals surface area (Å²) in [6, 6.07) is 5.70. The van der Waals surface area contributed by atoms with Crippen LogP contribution in [-0.2, 0) is 18.9 Å². The average Bonchev–Trinajstić information content (AvgIpc) is 2.68. The molecule has 5 atom stereocenters. The summed E-state index contributed by atoms with van der Waals surface area (Å²) in [5.74, 6) is 0.800. The number of amidine groups is 1. The Bertz CT molecular complexity index is 661. The van der Waals surface area contributed by atoms with Gasteiger partial charge in [-0.3, -0.25) is 0 Å². The summed E-state index contributed by atoms with van der Waals surface area (Å²) in [4.78, 5) is 4.50. The summed E-state index contributed by atoms with van der Waals surface area (Å²) < 4.78 is 28.1. The van der Waals surface area contributed by atoms with Crippen LogP contribution in [0, 0.1) is 6.92 Å². The smallest absolute Gasteiger partial charge is 0.159 e. The minimum Gasteiger partial charge on any atom is -0.497 e. The second-order valence-corrected chi connectivity index (χ2v) is 8.79. The van der Waals surface area contributed by atoms with Gasteiger partial charge in [-0.05, 0) is 37.6 Å². The predicted molar refractivity (Wildman–Crippen MR) is 116 cm³/mol. The van der Waals surface area contributed by atoms with Crippen LogP contribution in [-0.4, -0.2) is 68.5 Å². The molecule has 1 aliphatic rings. The molecule has 0 aliphatic carbocycles. The first-order valence-corrected chi connectivity index (χ1v) is 11.0. The average molecular weight is 431 g/mol. The van der Waals surface area contributed by atoms with Gasteiger partial charge in [0.05, 0.1) is 18.9 Å². The number of hydrogen-bond acceptors (Lipinski definition) is 8. The molecule has 158 valence electrons. The fourth-order valence-corrected chi connectivity index (χ4v) is 5.31. The van der Waals surface area contributed by atoms with Gasteiger partial charge in [0, 0.05) is 26.4 Å². The second kappa shape index (κ2) is 11.3. The van der Waals surface area contributed by atoms with Crippen molar-refractivity contribution >= 4 is 34.4 Å². The van der Waals surface area contributed by atoms with Gasteiger partial charge in [-0.2, -0.15) is 0 Å². The summed E-state index contributed by atoms with van der Waals surface area (Å²) in [5.41, 5.74) is 7.76. The van der Waals surface area contributed by atoms with Crippen LogP contribution in [0.3, 0.4) is 0 Å². The SMILES string of the molecule is COc1ccc(N=C(N)SCS[C@@H]2O[C@@H](C)[C@H](OC)[C@@H](OC)[C@H]2OC)c(C)c1. The van der Waals surface area contributed by atoms with Crippen molar-refractivity contribution in [2.24, 2.45) is 10.7 Å². The van der Waals surface area contributed by atoms with Crippen molar-refractivity contribution in [3.63, 3.8) is 0 Å². The molecule has 28 heavy (non-hydrogen) atoms. The van der Waals surface area contributed by atoms with E-state index < -0.39 is 0 Å². The van der Waals surface area contributed by atoms with Crippen LogP contribution in [0.1, 0.15) is 12.5 Å². The Morgan fingerprint density at radius 1 is 1.11 bits per heavy atom. The molecule has 1 fully saturated rings. The number of aliphatic imine (C=N–C) groups is 1. The van der Waals surface area contributed by atoms with Crippen LogP contribution in [0.5, 0.6) is 5.75 Å². The van der Waals surface area contributed by atoms with Gasteiger partial charge in [0.1, 0.15) is 29.5 Å². The molecule has 0 spiro atoms. The van der Waals surface area contributed by atoms with Gasteiger partial charge in [-0.15, -0.1) is 11.8 Å². The molecule has 1 saturated heterocycles. The number of methoxy groups -OCH3 is 4. The maximum atomic E-state index is 6.10. The molecule has 7 nitrogen and oxygen atoms in total. The molecule has 1 heterocycles. The van der Waals surface area contributed by atoms with E-state index in [-0.39, 0.29) is 29.9 Å². The lowest BCUT2D eigenvalue weighted by Crippen LogP contribution is -2.57. The first-order chi connectivity index (χ1) is 13.4. The number of hydrogen-bond donors (Lipinski definition) is 1. The maximum Gasteiger partial charge on any atom is 0.159 e. The molecule has 0 amide bonds. The molecule has 0 saturated carbocycles. The minimum atomic E-state index is -0.237. The lowest BCUT2D eigenvalue weighted by atomic mass is 10.0. The van der Waals surface area contributed by atoms with Crippen LogP contribution >= 0.6 is 23.5 Å². The topological polar surface area (TPSA) is 84.5 Å². The quantitative estimate of drug-likeness (QED) is 0.382. The van der Waals surface area contributed by atoms with E-state index in [0.717, 1.165) is 17.0 Å². The maximum absolute atomic E-state index is 6.10. The van der Waals surface area contributed by atoms with Crippen LogP contribution in [0.4, 0.5) is 5.69 Å². The molecule has 0 unspecified atom stereocenters. The Labute approximate surface area is 175 Å². The summed E-state index contributed by atoms with van der Waals surface area (Å²) in [6.07, 6.45) is -0.714. The zero-order valence-corrected chi connectivity index (χ0v) is 18.8. The zero-order valence-electron chi connectivity index (χ0n) is 17.2. The molecule has 9 heteroatoms. The van der Waals surface area contributed by atoms with E-state index in [4.69, 9.17) is 29.4 Å². The van der Waals surface area contributed by atoms with Crippen molar-refractivity contribution in [3.05, 3.63) is 23.8 Å². The summed E-state index contributed by atoms with van der Waals surface area (Å²) in [6.45, 7) is 3.96. The fraction of sp³-hybridized carbons (Fsp3) is 0.632. The van der Waals surface area contributed by atoms with E-state index in [0.29, 0.717) is 10.3 Å². The zero-order chi connectivity index (χ0) is 20.7. The fourth-order valence-electron chi connectivity index (χ4n) is 3.14. The van der Waals surface area contributed by atoms with Crippen molar-refractivity contribution in [1.29, 1.82) is 0 Å². The molecule has 0 bridgehead atoms. The number of nitrogens with zero attached hydrogens (tertiary/aromatic N) is 1. The molecule has 0 aromatic heterocycles. The van der Waals surface area contributed by atoms with Crippen LogP contribution in [0.25, 0.3) is 0 Å². The second-order valence-electron chi connectivity index (χ2n) is 6.34. The monoisotopic (exact) mass is 430 g/mol. The van der Waals surface area contributed by atoms with Gasteiger partial charge in [-0.1, -0.05) is 11.8 Å². The van der Waals surface area contributed by atoms with Gasteiger partial charge in [0.25, 0.3) is 0 Å². The highest BCUT2D eigenvalue weighted by Crippen LogP contribution is 2.34. The van der Waals surface area contributed by atoms with Crippen molar-refractivity contribution < 1.29 is 23.7 Å². The highest BCUT2D eigenvalue weighted by atomic mass is 32.2. The first-order valence-electron chi connectivity index (χ1n) is 8.92. The van der Waals surface area contributed by atoms with Crippen LogP contribution < -0.4 is 10.5 Å². The van der Waals surface area contributed by atoms with Crippen molar-refractivity contribution in [1.82, 2.24) is 0 Å². The van der Waals surface area contributed by atoms with Crippen LogP contribution in [0.15, 0.2) is 23.2 Å². The lowest BCUT2D eigenvalue weighted by molar-refractivity contribution is -0.216. The normalized spacial score (nSPS) is 28.4. The van der Waals surface area contributed by atoms with Gasteiger partial charge in [-0.25, -0.2) is 4.99 Å². The number of thioether (sulfide) groups is 2. The number of nitrogens with two attached hydrogens (primary N) is 1. The van der Waals surface area contributed by atoms with E-state index in [1.165, 1.54) is 11.8 Å². The minimum absolute atomic E-state index is 0.100. The lowest BCUT2D eigenvalue weighted by Gasteiger charge is -2.43. The molecule has 2 rings (SSSR count). The number of ether oxygens (including phenoxy) is 5. The Hall–Kier alpha value is -0.970. The van der Waals surface area contributed by atoms with E-state index in [9.17, 15) is 0 Å². The molecular weight excluding hydrogens is 400 g/mol.